The SMILES string of the molecule is CCNC(Cc1cccc(Cl)c1F)c1cc(Br)cs1. The van der Waals surface area contributed by atoms with Gasteiger partial charge in [-0.05, 0) is 46.6 Å². The topological polar surface area (TPSA) is 12.0 Å². The number of nitrogens with one attached hydrogen (secondary N) is 1. The molecule has 0 fully saturated rings. The highest BCUT2D eigenvalue weighted by Crippen LogP contribution is 2.29. The Balaban J connectivity index is 2.23. The van der Waals surface area contributed by atoms with Crippen LogP contribution in [0.3, 0.4) is 0 Å². The van der Waals surface area contributed by atoms with Crippen molar-refractivity contribution in [2.24, 2.45) is 0 Å². The lowest BCUT2D eigenvalue weighted by Crippen LogP contribution is -2.22. The molecule has 0 radical (unpaired) electrons. The Bertz CT molecular complexity index is 558. The van der Waals surface area contributed by atoms with Crippen LogP contribution in [0.5, 0.6) is 0 Å². The van der Waals surface area contributed by atoms with E-state index in [0.717, 1.165) is 11.0 Å². The van der Waals surface area contributed by atoms with Crippen molar-refractivity contribution in [3.63, 3.8) is 0 Å². The van der Waals surface area contributed by atoms with Crippen molar-refractivity contribution < 1.29 is 4.39 Å². The Hall–Kier alpha value is -0.420. The van der Waals surface area contributed by atoms with Crippen LogP contribution in [0.15, 0.2) is 34.1 Å². The second kappa shape index (κ2) is 6.84. The van der Waals surface area contributed by atoms with Gasteiger partial charge in [-0.25, -0.2) is 4.39 Å². The van der Waals surface area contributed by atoms with Crippen LogP contribution in [-0.2, 0) is 6.42 Å². The lowest BCUT2D eigenvalue weighted by atomic mass is 10.0. The standard InChI is InChI=1S/C14H14BrClFNS/c1-2-18-12(13-7-10(15)8-19-13)6-9-4-3-5-11(16)14(9)17/h3-5,7-8,12,18H,2,6H2,1H3. The number of hydrogen-bond acceptors (Lipinski definition) is 2. The zero-order valence-electron chi connectivity index (χ0n) is 10.4. The first-order valence-electron chi connectivity index (χ1n) is 6.02. The van der Waals surface area contributed by atoms with Gasteiger partial charge in [0.05, 0.1) is 5.02 Å². The monoisotopic (exact) mass is 361 g/mol. The number of rotatable bonds is 5. The first kappa shape index (κ1) is 15.0. The fourth-order valence-corrected chi connectivity index (χ4v) is 3.67. The highest BCUT2D eigenvalue weighted by molar-refractivity contribution is 9.10. The van der Waals surface area contributed by atoms with Crippen molar-refractivity contribution in [3.05, 3.63) is 55.4 Å². The molecule has 1 nitrogen and oxygen atoms in total. The molecule has 0 bridgehead atoms. The molecule has 1 aromatic heterocycles. The van der Waals surface area contributed by atoms with Gasteiger partial charge in [0.25, 0.3) is 0 Å². The van der Waals surface area contributed by atoms with Gasteiger partial charge in [0.2, 0.25) is 0 Å². The van der Waals surface area contributed by atoms with Crippen LogP contribution in [0.2, 0.25) is 5.02 Å². The molecular formula is C14H14BrClFNS. The van der Waals surface area contributed by atoms with Crippen LogP contribution < -0.4 is 5.32 Å². The second-order valence-electron chi connectivity index (χ2n) is 4.19. The third-order valence-corrected chi connectivity index (χ3v) is 4.94. The second-order valence-corrected chi connectivity index (χ2v) is 6.46. The molecule has 0 saturated heterocycles. The molecular weight excluding hydrogens is 349 g/mol. The van der Waals surface area contributed by atoms with E-state index in [-0.39, 0.29) is 16.9 Å². The number of likely N-dealkylation sites (N-methyl/N-ethyl adjacent to an activating group) is 1. The Morgan fingerprint density at radius 2 is 2.26 bits per heavy atom. The van der Waals surface area contributed by atoms with Gasteiger partial charge in [-0.1, -0.05) is 30.7 Å². The molecule has 5 heteroatoms. The van der Waals surface area contributed by atoms with E-state index >= 15 is 0 Å². The van der Waals surface area contributed by atoms with Crippen molar-refractivity contribution >= 4 is 38.9 Å². The molecule has 0 amide bonds. The quantitative estimate of drug-likeness (QED) is 0.771. The summed E-state index contributed by atoms with van der Waals surface area (Å²) in [5.74, 6) is -0.317. The molecule has 19 heavy (non-hydrogen) atoms. The van der Waals surface area contributed by atoms with E-state index in [4.69, 9.17) is 11.6 Å². The molecule has 1 heterocycles. The summed E-state index contributed by atoms with van der Waals surface area (Å²) in [6.07, 6.45) is 0.590. The van der Waals surface area contributed by atoms with Crippen molar-refractivity contribution in [2.45, 2.75) is 19.4 Å². The predicted octanol–water partition coefficient (Wildman–Crippen LogP) is 5.20. The zero-order valence-corrected chi connectivity index (χ0v) is 13.6. The molecule has 1 aromatic carbocycles. The van der Waals surface area contributed by atoms with Crippen LogP contribution in [0.1, 0.15) is 23.4 Å². The molecule has 0 aliphatic carbocycles. The van der Waals surface area contributed by atoms with E-state index in [1.165, 1.54) is 4.88 Å². The summed E-state index contributed by atoms with van der Waals surface area (Å²) in [5.41, 5.74) is 0.642. The summed E-state index contributed by atoms with van der Waals surface area (Å²) in [5, 5.41) is 5.60. The largest absolute Gasteiger partial charge is 0.309 e. The Labute approximate surface area is 129 Å². The molecule has 0 aliphatic rings. The van der Waals surface area contributed by atoms with Crippen molar-refractivity contribution in [1.82, 2.24) is 5.32 Å². The Kier molecular flexibility index (Phi) is 5.39. The smallest absolute Gasteiger partial charge is 0.145 e. The lowest BCUT2D eigenvalue weighted by molar-refractivity contribution is 0.534. The van der Waals surface area contributed by atoms with Crippen LogP contribution in [-0.4, -0.2) is 6.54 Å². The fraction of sp³-hybridized carbons (Fsp3) is 0.286. The number of halogens is 3. The summed E-state index contributed by atoms with van der Waals surface area (Å²) in [4.78, 5) is 1.19. The molecule has 0 saturated carbocycles. The minimum atomic E-state index is -0.317. The zero-order chi connectivity index (χ0) is 13.8. The Morgan fingerprint density at radius 3 is 2.89 bits per heavy atom. The van der Waals surface area contributed by atoms with Crippen LogP contribution in [0, 0.1) is 5.82 Å². The maximum Gasteiger partial charge on any atom is 0.145 e. The van der Waals surface area contributed by atoms with Gasteiger partial charge in [-0.3, -0.25) is 0 Å². The lowest BCUT2D eigenvalue weighted by Gasteiger charge is -2.17. The van der Waals surface area contributed by atoms with Crippen molar-refractivity contribution in [2.75, 3.05) is 6.54 Å². The minimum Gasteiger partial charge on any atom is -0.309 e. The summed E-state index contributed by atoms with van der Waals surface area (Å²) < 4.78 is 15.0. The normalized spacial score (nSPS) is 12.6. The molecule has 2 aromatic rings. The molecule has 0 spiro atoms. The average molecular weight is 363 g/mol. The maximum atomic E-state index is 14.0. The summed E-state index contributed by atoms with van der Waals surface area (Å²) >= 11 is 10.9. The molecule has 102 valence electrons. The van der Waals surface area contributed by atoms with Crippen LogP contribution in [0.4, 0.5) is 4.39 Å². The van der Waals surface area contributed by atoms with Gasteiger partial charge >= 0.3 is 0 Å². The minimum absolute atomic E-state index is 0.106. The van der Waals surface area contributed by atoms with E-state index in [1.807, 2.05) is 12.3 Å². The molecule has 1 atom stereocenters. The maximum absolute atomic E-state index is 14.0. The van der Waals surface area contributed by atoms with E-state index in [0.29, 0.717) is 12.0 Å². The summed E-state index contributed by atoms with van der Waals surface area (Å²) in [6, 6.07) is 7.32. The first-order chi connectivity index (χ1) is 9.11. The summed E-state index contributed by atoms with van der Waals surface area (Å²) in [6.45, 7) is 2.88. The van der Waals surface area contributed by atoms with Gasteiger partial charge in [0.1, 0.15) is 5.82 Å². The van der Waals surface area contributed by atoms with Gasteiger partial charge in [-0.15, -0.1) is 11.3 Å². The first-order valence-corrected chi connectivity index (χ1v) is 8.07. The van der Waals surface area contributed by atoms with Gasteiger partial charge in [0, 0.05) is 20.8 Å². The van der Waals surface area contributed by atoms with Gasteiger partial charge in [-0.2, -0.15) is 0 Å². The van der Waals surface area contributed by atoms with Gasteiger partial charge < -0.3 is 5.32 Å². The Morgan fingerprint density at radius 1 is 1.47 bits per heavy atom. The fourth-order valence-electron chi connectivity index (χ4n) is 1.96. The van der Waals surface area contributed by atoms with Crippen molar-refractivity contribution in [3.8, 4) is 0 Å². The van der Waals surface area contributed by atoms with Crippen molar-refractivity contribution in [1.29, 1.82) is 0 Å². The average Bonchev–Trinajstić information content (AvgIpc) is 2.81. The van der Waals surface area contributed by atoms with E-state index < -0.39 is 0 Å². The molecule has 1 unspecified atom stereocenters. The predicted molar refractivity (Wildman–Crippen MR) is 83.6 cm³/mol. The highest BCUT2D eigenvalue weighted by Gasteiger charge is 2.16. The van der Waals surface area contributed by atoms with Crippen LogP contribution in [0.25, 0.3) is 0 Å². The molecule has 2 rings (SSSR count). The van der Waals surface area contributed by atoms with E-state index in [1.54, 1.807) is 29.5 Å². The number of thiophene rings is 1. The third-order valence-electron chi connectivity index (χ3n) is 2.84. The number of hydrogen-bond donors (Lipinski definition) is 1. The van der Waals surface area contributed by atoms with Gasteiger partial charge in [0.15, 0.2) is 0 Å². The molecule has 0 aliphatic heterocycles. The van der Waals surface area contributed by atoms with E-state index in [2.05, 4.69) is 27.3 Å². The van der Waals surface area contributed by atoms with E-state index in [9.17, 15) is 4.39 Å². The number of benzene rings is 1. The third kappa shape index (κ3) is 3.78. The van der Waals surface area contributed by atoms with Crippen LogP contribution >= 0.6 is 38.9 Å². The molecule has 1 N–H and O–H groups in total. The highest BCUT2D eigenvalue weighted by atomic mass is 79.9. The summed E-state index contributed by atoms with van der Waals surface area (Å²) in [7, 11) is 0.